The summed E-state index contributed by atoms with van der Waals surface area (Å²) in [4.78, 5) is 50.6. The molecule has 0 saturated carbocycles. The molecule has 12 heteroatoms. The van der Waals surface area contributed by atoms with Crippen molar-refractivity contribution in [3.8, 4) is 11.5 Å². The Hall–Kier alpha value is -4.71. The van der Waals surface area contributed by atoms with Crippen LogP contribution in [0.1, 0.15) is 11.1 Å². The van der Waals surface area contributed by atoms with E-state index in [0.717, 1.165) is 22.6 Å². The van der Waals surface area contributed by atoms with Crippen LogP contribution < -0.4 is 20.1 Å². The van der Waals surface area contributed by atoms with E-state index < -0.39 is 35.2 Å². The van der Waals surface area contributed by atoms with Gasteiger partial charge in [0.1, 0.15) is 18.2 Å². The zero-order valence-electron chi connectivity index (χ0n) is 21.3. The molecular weight excluding hydrogens is 544 g/mol. The number of hydrogen-bond acceptors (Lipinski definition) is 7. The SMILES string of the molecule is COc1cc(/C=C2\SC(=O)N(CC(=O)Nc3ccc(F)cc3F)C2=O)ccc1OCC(=O)Nc1ccccc1C. The smallest absolute Gasteiger partial charge is 0.294 e. The van der Waals surface area contributed by atoms with Crippen LogP contribution in [0.25, 0.3) is 6.08 Å². The van der Waals surface area contributed by atoms with Crippen molar-refractivity contribution in [2.45, 2.75) is 6.92 Å². The average Bonchev–Trinajstić information content (AvgIpc) is 3.17. The highest BCUT2D eigenvalue weighted by Gasteiger charge is 2.36. The molecule has 40 heavy (non-hydrogen) atoms. The van der Waals surface area contributed by atoms with Crippen molar-refractivity contribution >= 4 is 52.2 Å². The Morgan fingerprint density at radius 3 is 2.42 bits per heavy atom. The molecule has 0 radical (unpaired) electrons. The number of aryl methyl sites for hydroxylation is 1. The fourth-order valence-corrected chi connectivity index (χ4v) is 4.49. The first kappa shape index (κ1) is 28.3. The maximum atomic E-state index is 13.8. The summed E-state index contributed by atoms with van der Waals surface area (Å²) in [5.41, 5.74) is 1.80. The number of thioether (sulfide) groups is 1. The van der Waals surface area contributed by atoms with Crippen molar-refractivity contribution in [2.75, 3.05) is 30.9 Å². The van der Waals surface area contributed by atoms with Crippen LogP contribution in [0.5, 0.6) is 11.5 Å². The number of hydrogen-bond donors (Lipinski definition) is 2. The Balaban J connectivity index is 1.39. The monoisotopic (exact) mass is 567 g/mol. The van der Waals surface area contributed by atoms with Crippen LogP contribution in [0, 0.1) is 18.6 Å². The highest BCUT2D eigenvalue weighted by atomic mass is 32.2. The molecule has 3 aromatic rings. The molecule has 0 unspecified atom stereocenters. The number of nitrogens with zero attached hydrogens (tertiary/aromatic N) is 1. The minimum absolute atomic E-state index is 0.0547. The number of methoxy groups -OCH3 is 1. The quantitative estimate of drug-likeness (QED) is 0.351. The number of halogens is 2. The topological polar surface area (TPSA) is 114 Å². The minimum Gasteiger partial charge on any atom is -0.493 e. The molecule has 0 aromatic heterocycles. The summed E-state index contributed by atoms with van der Waals surface area (Å²) in [5.74, 6) is -3.13. The van der Waals surface area contributed by atoms with Gasteiger partial charge in [-0.2, -0.15) is 0 Å². The predicted molar refractivity (Wildman–Crippen MR) is 146 cm³/mol. The Morgan fingerprint density at radius 1 is 0.950 bits per heavy atom. The number of rotatable bonds is 9. The average molecular weight is 568 g/mol. The van der Waals surface area contributed by atoms with Crippen molar-refractivity contribution in [1.29, 1.82) is 0 Å². The molecule has 3 aromatic carbocycles. The number of anilines is 2. The lowest BCUT2D eigenvalue weighted by molar-refractivity contribution is -0.127. The predicted octanol–water partition coefficient (Wildman–Crippen LogP) is 4.97. The summed E-state index contributed by atoms with van der Waals surface area (Å²) in [6.45, 7) is 0.948. The lowest BCUT2D eigenvalue weighted by Gasteiger charge is -2.13. The molecule has 9 nitrogen and oxygen atoms in total. The molecule has 2 N–H and O–H groups in total. The second-order valence-corrected chi connectivity index (χ2v) is 9.50. The van der Waals surface area contributed by atoms with Crippen molar-refractivity contribution in [1.82, 2.24) is 4.90 Å². The molecule has 1 fully saturated rings. The lowest BCUT2D eigenvalue weighted by atomic mass is 10.2. The maximum Gasteiger partial charge on any atom is 0.294 e. The van der Waals surface area contributed by atoms with Gasteiger partial charge in [0.25, 0.3) is 17.1 Å². The van der Waals surface area contributed by atoms with Crippen molar-refractivity contribution < 1.29 is 37.4 Å². The number of carbonyl (C=O) groups excluding carboxylic acids is 4. The molecule has 4 rings (SSSR count). The van der Waals surface area contributed by atoms with Crippen LogP contribution >= 0.6 is 11.8 Å². The van der Waals surface area contributed by atoms with Crippen molar-refractivity contribution in [3.63, 3.8) is 0 Å². The zero-order valence-corrected chi connectivity index (χ0v) is 22.1. The van der Waals surface area contributed by atoms with Gasteiger partial charge in [-0.25, -0.2) is 8.78 Å². The van der Waals surface area contributed by atoms with Crippen LogP contribution in [-0.2, 0) is 14.4 Å². The Labute approximate surface area is 232 Å². The van der Waals surface area contributed by atoms with Gasteiger partial charge < -0.3 is 20.1 Å². The van der Waals surface area contributed by atoms with Crippen LogP contribution in [0.3, 0.4) is 0 Å². The largest absolute Gasteiger partial charge is 0.493 e. The second kappa shape index (κ2) is 12.4. The third kappa shape index (κ3) is 6.83. The maximum absolute atomic E-state index is 13.8. The highest BCUT2D eigenvalue weighted by Crippen LogP contribution is 2.34. The van der Waals surface area contributed by atoms with E-state index in [2.05, 4.69) is 10.6 Å². The zero-order chi connectivity index (χ0) is 28.8. The van der Waals surface area contributed by atoms with Gasteiger partial charge in [-0.05, 0) is 66.2 Å². The molecule has 0 bridgehead atoms. The molecule has 0 aliphatic carbocycles. The Bertz CT molecular complexity index is 1530. The van der Waals surface area contributed by atoms with Crippen LogP contribution in [0.15, 0.2) is 65.6 Å². The van der Waals surface area contributed by atoms with E-state index in [1.165, 1.54) is 13.2 Å². The van der Waals surface area contributed by atoms with Gasteiger partial charge in [-0.15, -0.1) is 0 Å². The number of imide groups is 1. The first-order valence-corrected chi connectivity index (χ1v) is 12.6. The summed E-state index contributed by atoms with van der Waals surface area (Å²) in [6, 6.07) is 14.7. The van der Waals surface area contributed by atoms with E-state index in [0.29, 0.717) is 29.1 Å². The number of amides is 4. The Morgan fingerprint density at radius 2 is 1.70 bits per heavy atom. The molecule has 1 aliphatic heterocycles. The molecule has 206 valence electrons. The summed E-state index contributed by atoms with van der Waals surface area (Å²) >= 11 is 0.634. The summed E-state index contributed by atoms with van der Waals surface area (Å²) in [6.07, 6.45) is 1.44. The molecule has 4 amide bonds. The molecule has 0 spiro atoms. The van der Waals surface area contributed by atoms with Crippen molar-refractivity contribution in [2.24, 2.45) is 0 Å². The second-order valence-electron chi connectivity index (χ2n) is 8.50. The first-order valence-electron chi connectivity index (χ1n) is 11.8. The molecule has 1 aliphatic rings. The number of benzene rings is 3. The number of ether oxygens (including phenoxy) is 2. The van der Waals surface area contributed by atoms with E-state index in [1.807, 2.05) is 25.1 Å². The third-order valence-corrected chi connectivity index (χ3v) is 6.55. The van der Waals surface area contributed by atoms with Crippen LogP contribution in [0.4, 0.5) is 25.0 Å². The van der Waals surface area contributed by atoms with Gasteiger partial charge in [-0.1, -0.05) is 24.3 Å². The highest BCUT2D eigenvalue weighted by molar-refractivity contribution is 8.18. The van der Waals surface area contributed by atoms with E-state index in [-0.39, 0.29) is 34.6 Å². The minimum atomic E-state index is -0.990. The van der Waals surface area contributed by atoms with E-state index >= 15 is 0 Å². The fourth-order valence-electron chi connectivity index (χ4n) is 3.65. The van der Waals surface area contributed by atoms with Gasteiger partial charge in [0.15, 0.2) is 18.1 Å². The number of carbonyl (C=O) groups is 4. The van der Waals surface area contributed by atoms with Crippen LogP contribution in [-0.4, -0.2) is 48.1 Å². The van der Waals surface area contributed by atoms with Crippen LogP contribution in [0.2, 0.25) is 0 Å². The summed E-state index contributed by atoms with van der Waals surface area (Å²) in [5, 5.41) is 4.30. The van der Waals surface area contributed by atoms with Gasteiger partial charge in [-0.3, -0.25) is 24.1 Å². The molecule has 1 heterocycles. The molecule has 0 atom stereocenters. The van der Waals surface area contributed by atoms with Gasteiger partial charge >= 0.3 is 0 Å². The van der Waals surface area contributed by atoms with Gasteiger partial charge in [0.2, 0.25) is 5.91 Å². The standard InChI is InChI=1S/C28H23F2N3O6S/c1-16-5-3-4-6-20(16)31-26(35)15-39-22-10-7-17(11-23(22)38-2)12-24-27(36)33(28(37)40-24)14-25(34)32-21-9-8-18(29)13-19(21)30/h3-13H,14-15H2,1-2H3,(H,31,35)(H,32,34)/b24-12-. The van der Waals surface area contributed by atoms with E-state index in [4.69, 9.17) is 9.47 Å². The molecule has 1 saturated heterocycles. The number of para-hydroxylation sites is 1. The number of nitrogens with one attached hydrogen (secondary N) is 2. The normalized spacial score (nSPS) is 13.9. The van der Waals surface area contributed by atoms with Gasteiger partial charge in [0.05, 0.1) is 17.7 Å². The van der Waals surface area contributed by atoms with E-state index in [9.17, 15) is 28.0 Å². The first-order chi connectivity index (χ1) is 19.1. The Kier molecular flexibility index (Phi) is 8.80. The lowest BCUT2D eigenvalue weighted by Crippen LogP contribution is -2.36. The summed E-state index contributed by atoms with van der Waals surface area (Å²) < 4.78 is 37.8. The van der Waals surface area contributed by atoms with E-state index in [1.54, 1.807) is 24.3 Å². The fraction of sp³-hybridized carbons (Fsp3) is 0.143. The van der Waals surface area contributed by atoms with Crippen molar-refractivity contribution in [3.05, 3.63) is 88.3 Å². The third-order valence-electron chi connectivity index (χ3n) is 5.64. The van der Waals surface area contributed by atoms with Gasteiger partial charge in [0, 0.05) is 11.8 Å². The summed E-state index contributed by atoms with van der Waals surface area (Å²) in [7, 11) is 1.41. The molecular formula is C28H23F2N3O6S.